The van der Waals surface area contributed by atoms with Crippen LogP contribution >= 0.6 is 15.9 Å². The summed E-state index contributed by atoms with van der Waals surface area (Å²) in [6, 6.07) is 18.7. The third-order valence-electron chi connectivity index (χ3n) is 6.60. The summed E-state index contributed by atoms with van der Waals surface area (Å²) in [6.45, 7) is 3.62. The van der Waals surface area contributed by atoms with Gasteiger partial charge in [0.05, 0.1) is 31.2 Å². The van der Waals surface area contributed by atoms with E-state index >= 15 is 0 Å². The molecule has 2 aliphatic heterocycles. The molecule has 1 N–H and O–H groups in total. The topological polar surface area (TPSA) is 123 Å². The maximum absolute atomic E-state index is 10.4. The molecule has 0 saturated carbocycles. The maximum atomic E-state index is 10.4. The number of benzene rings is 2. The van der Waals surface area contributed by atoms with Crippen LogP contribution < -0.4 is 4.74 Å². The molecule has 0 spiro atoms. The lowest BCUT2D eigenvalue weighted by atomic mass is 9.53. The molecule has 0 amide bonds. The largest absolute Gasteiger partial charge is 0.496 e. The highest BCUT2D eigenvalue weighted by Gasteiger charge is 2.80. The van der Waals surface area contributed by atoms with E-state index in [2.05, 4.69) is 22.0 Å². The molecule has 7 nitrogen and oxygen atoms in total. The van der Waals surface area contributed by atoms with Crippen LogP contribution in [0.2, 0.25) is 0 Å². The number of rotatable bonds is 3. The molecule has 2 bridgehead atoms. The van der Waals surface area contributed by atoms with Crippen LogP contribution in [0, 0.1) is 63.1 Å². The predicted octanol–water partition coefficient (Wildman–Crippen LogP) is 4.88. The van der Waals surface area contributed by atoms with E-state index in [1.54, 1.807) is 25.1 Å². The van der Waals surface area contributed by atoms with Crippen LogP contribution in [0.5, 0.6) is 5.75 Å². The summed E-state index contributed by atoms with van der Waals surface area (Å²) >= 11 is 3.42. The third-order valence-corrected chi connectivity index (χ3v) is 7.09. The second kappa shape index (κ2) is 7.35. The summed E-state index contributed by atoms with van der Waals surface area (Å²) in [6.07, 6.45) is -1.23. The van der Waals surface area contributed by atoms with E-state index in [0.717, 1.165) is 5.56 Å². The van der Waals surface area contributed by atoms with Gasteiger partial charge in [0.25, 0.3) is 0 Å². The normalized spacial score (nSPS) is 29.8. The number of nitrogens with one attached hydrogen (secondary N) is 1. The van der Waals surface area contributed by atoms with Crippen molar-refractivity contribution in [3.8, 4) is 24.0 Å². The Morgan fingerprint density at radius 3 is 2.28 bits per heavy atom. The zero-order valence-corrected chi connectivity index (χ0v) is 19.2. The lowest BCUT2D eigenvalue weighted by Crippen LogP contribution is -2.57. The van der Waals surface area contributed by atoms with Crippen LogP contribution in [0.4, 0.5) is 0 Å². The highest BCUT2D eigenvalue weighted by Crippen LogP contribution is 2.69. The minimum absolute atomic E-state index is 0.390. The van der Waals surface area contributed by atoms with Gasteiger partial charge in [-0.15, -0.1) is 0 Å². The van der Waals surface area contributed by atoms with Crippen molar-refractivity contribution >= 4 is 21.8 Å². The number of halogens is 1. The second-order valence-electron chi connectivity index (χ2n) is 8.02. The van der Waals surface area contributed by atoms with Crippen molar-refractivity contribution in [3.05, 3.63) is 63.6 Å². The molecule has 32 heavy (non-hydrogen) atoms. The van der Waals surface area contributed by atoms with Gasteiger partial charge >= 0.3 is 0 Å². The Bertz CT molecular complexity index is 1230. The predicted molar refractivity (Wildman–Crippen MR) is 117 cm³/mol. The number of methoxy groups -OCH3 is 1. The van der Waals surface area contributed by atoms with Gasteiger partial charge < -0.3 is 14.2 Å². The average molecular weight is 491 g/mol. The molecule has 2 aliphatic rings. The van der Waals surface area contributed by atoms with E-state index < -0.39 is 34.5 Å². The van der Waals surface area contributed by atoms with E-state index in [9.17, 15) is 15.8 Å². The molecule has 0 aromatic heterocycles. The number of hydrogen-bond donors (Lipinski definition) is 1. The van der Waals surface area contributed by atoms with Gasteiger partial charge in [-0.25, -0.2) is 0 Å². The fourth-order valence-electron chi connectivity index (χ4n) is 4.84. The van der Waals surface area contributed by atoms with Gasteiger partial charge in [0, 0.05) is 15.6 Å². The molecule has 4 atom stereocenters. The van der Waals surface area contributed by atoms with E-state index in [-0.39, 0.29) is 0 Å². The second-order valence-corrected chi connectivity index (χ2v) is 8.94. The molecule has 2 saturated heterocycles. The Morgan fingerprint density at radius 1 is 1.06 bits per heavy atom. The monoisotopic (exact) mass is 490 g/mol. The zero-order valence-electron chi connectivity index (χ0n) is 17.6. The Hall–Kier alpha value is -3.38. The minimum Gasteiger partial charge on any atom is -0.496 e. The molecule has 8 heteroatoms. The number of nitriles is 3. The molecule has 0 radical (unpaired) electrons. The van der Waals surface area contributed by atoms with Crippen LogP contribution in [0.1, 0.15) is 29.7 Å². The first-order chi connectivity index (χ1) is 15.3. The molecular weight excluding hydrogens is 472 g/mol. The standard InChI is InChI=1S/C24H19BrN4O3/c1-14-4-6-16(7-5-14)24-15(2)23(13-28,21(29)32-24)22(11-26,12-27)20(31-24)18-10-17(25)8-9-19(18)30-3/h4-10,15,20,29H,1-3H3. The van der Waals surface area contributed by atoms with Crippen molar-refractivity contribution in [2.45, 2.75) is 25.7 Å². The van der Waals surface area contributed by atoms with Gasteiger partial charge in [-0.05, 0) is 25.1 Å². The Balaban J connectivity index is 2.08. The number of fused-ring (bicyclic) bond motifs is 2. The molecule has 2 heterocycles. The number of aryl methyl sites for hydroxylation is 1. The Morgan fingerprint density at radius 2 is 1.72 bits per heavy atom. The maximum Gasteiger partial charge on any atom is 0.244 e. The lowest BCUT2D eigenvalue weighted by Gasteiger charge is -2.49. The van der Waals surface area contributed by atoms with E-state index in [0.29, 0.717) is 21.3 Å². The third kappa shape index (κ3) is 2.50. The van der Waals surface area contributed by atoms with Gasteiger partial charge in [0.2, 0.25) is 17.1 Å². The number of nitrogens with zero attached hydrogens (tertiary/aromatic N) is 3. The summed E-state index contributed by atoms with van der Waals surface area (Å²) in [5.74, 6) is -2.41. The smallest absolute Gasteiger partial charge is 0.244 e. The molecule has 4 rings (SSSR count). The average Bonchev–Trinajstić information content (AvgIpc) is 2.95. The molecule has 2 aromatic carbocycles. The van der Waals surface area contributed by atoms with Crippen molar-refractivity contribution in [1.82, 2.24) is 0 Å². The molecule has 2 fully saturated rings. The summed E-state index contributed by atoms with van der Waals surface area (Å²) in [7, 11) is 1.47. The van der Waals surface area contributed by atoms with Gasteiger partial charge in [-0.3, -0.25) is 5.41 Å². The fourth-order valence-corrected chi connectivity index (χ4v) is 5.22. The highest BCUT2D eigenvalue weighted by atomic mass is 79.9. The highest BCUT2D eigenvalue weighted by molar-refractivity contribution is 9.10. The summed E-state index contributed by atoms with van der Waals surface area (Å²) < 4.78 is 18.7. The molecule has 2 aromatic rings. The van der Waals surface area contributed by atoms with Gasteiger partial charge in [0.1, 0.15) is 11.9 Å². The first kappa shape index (κ1) is 21.8. The fraction of sp³-hybridized carbons (Fsp3) is 0.333. The number of ether oxygens (including phenoxy) is 3. The summed E-state index contributed by atoms with van der Waals surface area (Å²) in [5, 5.41) is 39.7. The van der Waals surface area contributed by atoms with Crippen LogP contribution in [-0.4, -0.2) is 13.0 Å². The summed E-state index contributed by atoms with van der Waals surface area (Å²) in [5.41, 5.74) is -1.90. The van der Waals surface area contributed by atoms with E-state index in [4.69, 9.17) is 19.6 Å². The van der Waals surface area contributed by atoms with Crippen LogP contribution in [-0.2, 0) is 15.3 Å². The number of hydrogen-bond acceptors (Lipinski definition) is 7. The zero-order chi connectivity index (χ0) is 23.3. The molecule has 0 aliphatic carbocycles. The van der Waals surface area contributed by atoms with Gasteiger partial charge in [-0.1, -0.05) is 52.7 Å². The lowest BCUT2D eigenvalue weighted by molar-refractivity contribution is -0.288. The van der Waals surface area contributed by atoms with Crippen molar-refractivity contribution < 1.29 is 14.2 Å². The SMILES string of the molecule is COc1ccc(Br)cc1C1OC2(c3ccc(C)cc3)OC(=N)C(C#N)(C2C)C1(C#N)C#N. The molecule has 160 valence electrons. The van der Waals surface area contributed by atoms with Crippen molar-refractivity contribution in [3.63, 3.8) is 0 Å². The Labute approximate surface area is 194 Å². The molecular formula is C24H19BrN4O3. The van der Waals surface area contributed by atoms with Gasteiger partial charge in [-0.2, -0.15) is 15.8 Å². The quantitative estimate of drug-likeness (QED) is 0.653. The van der Waals surface area contributed by atoms with Gasteiger partial charge in [0.15, 0.2) is 5.41 Å². The summed E-state index contributed by atoms with van der Waals surface area (Å²) in [4.78, 5) is 0. The minimum atomic E-state index is -2.06. The van der Waals surface area contributed by atoms with Crippen molar-refractivity contribution in [1.29, 1.82) is 21.2 Å². The van der Waals surface area contributed by atoms with Crippen LogP contribution in [0.3, 0.4) is 0 Å². The first-order valence-corrected chi connectivity index (χ1v) is 10.7. The Kier molecular flexibility index (Phi) is 5.01. The van der Waals surface area contributed by atoms with Crippen molar-refractivity contribution in [2.24, 2.45) is 16.7 Å². The molecule has 4 unspecified atom stereocenters. The van der Waals surface area contributed by atoms with Crippen LogP contribution in [0.25, 0.3) is 0 Å². The van der Waals surface area contributed by atoms with E-state index in [1.807, 2.05) is 43.3 Å². The van der Waals surface area contributed by atoms with Crippen LogP contribution in [0.15, 0.2) is 46.9 Å². The first-order valence-electron chi connectivity index (χ1n) is 9.86. The van der Waals surface area contributed by atoms with Crippen molar-refractivity contribution in [2.75, 3.05) is 7.11 Å². The van der Waals surface area contributed by atoms with E-state index in [1.165, 1.54) is 7.11 Å².